The SMILES string of the molecule is COc1cc(OC)cc(C(=O)Nc2ccc(S(=O)(=O)Nc3ccc(C)c(Cl)c3)cc2)c1. The highest BCUT2D eigenvalue weighted by atomic mass is 35.5. The average molecular weight is 461 g/mol. The Bertz CT molecular complexity index is 1190. The first kappa shape index (κ1) is 22.5. The van der Waals surface area contributed by atoms with Gasteiger partial charge in [-0.25, -0.2) is 8.42 Å². The minimum Gasteiger partial charge on any atom is -0.497 e. The van der Waals surface area contributed by atoms with E-state index in [1.54, 1.807) is 36.4 Å². The quantitative estimate of drug-likeness (QED) is 0.532. The maximum atomic E-state index is 12.6. The molecule has 0 aliphatic heterocycles. The van der Waals surface area contributed by atoms with Crippen LogP contribution in [0.25, 0.3) is 0 Å². The van der Waals surface area contributed by atoms with Gasteiger partial charge in [-0.1, -0.05) is 17.7 Å². The summed E-state index contributed by atoms with van der Waals surface area (Å²) in [6, 6.07) is 15.5. The second-order valence-electron chi connectivity index (χ2n) is 6.65. The lowest BCUT2D eigenvalue weighted by molar-refractivity contribution is 0.102. The predicted molar refractivity (Wildman–Crippen MR) is 121 cm³/mol. The van der Waals surface area contributed by atoms with Crippen LogP contribution in [0, 0.1) is 6.92 Å². The standard InChI is InChI=1S/C22H21ClN2O5S/c1-14-4-5-17(12-21(14)23)25-31(27,28)20-8-6-16(7-9-20)24-22(26)15-10-18(29-2)13-19(11-15)30-3/h4-13,25H,1-3H3,(H,24,26). The maximum absolute atomic E-state index is 12.6. The highest BCUT2D eigenvalue weighted by molar-refractivity contribution is 7.92. The Hall–Kier alpha value is -3.23. The van der Waals surface area contributed by atoms with Crippen molar-refractivity contribution in [1.29, 1.82) is 0 Å². The van der Waals surface area contributed by atoms with Gasteiger partial charge in [0.25, 0.3) is 15.9 Å². The molecule has 162 valence electrons. The molecule has 0 bridgehead atoms. The molecule has 2 N–H and O–H groups in total. The molecular weight excluding hydrogens is 440 g/mol. The number of amides is 1. The van der Waals surface area contributed by atoms with E-state index in [0.29, 0.717) is 33.5 Å². The van der Waals surface area contributed by atoms with Gasteiger partial charge >= 0.3 is 0 Å². The topological polar surface area (TPSA) is 93.7 Å². The van der Waals surface area contributed by atoms with Gasteiger partial charge in [0, 0.05) is 22.3 Å². The van der Waals surface area contributed by atoms with E-state index >= 15 is 0 Å². The Morgan fingerprint density at radius 3 is 2.00 bits per heavy atom. The van der Waals surface area contributed by atoms with Gasteiger partial charge in [-0.05, 0) is 61.0 Å². The minimum absolute atomic E-state index is 0.0465. The molecule has 3 rings (SSSR count). The third-order valence-electron chi connectivity index (χ3n) is 4.46. The number of sulfonamides is 1. The Morgan fingerprint density at radius 1 is 0.871 bits per heavy atom. The van der Waals surface area contributed by atoms with Crippen LogP contribution in [0.15, 0.2) is 65.6 Å². The van der Waals surface area contributed by atoms with Crippen molar-refractivity contribution in [3.05, 3.63) is 76.8 Å². The van der Waals surface area contributed by atoms with E-state index in [-0.39, 0.29) is 10.8 Å². The van der Waals surface area contributed by atoms with Crippen LogP contribution in [-0.2, 0) is 10.0 Å². The van der Waals surface area contributed by atoms with Crippen molar-refractivity contribution in [2.45, 2.75) is 11.8 Å². The van der Waals surface area contributed by atoms with Gasteiger partial charge in [0.1, 0.15) is 11.5 Å². The molecule has 0 saturated carbocycles. The van der Waals surface area contributed by atoms with Crippen LogP contribution < -0.4 is 19.5 Å². The molecule has 31 heavy (non-hydrogen) atoms. The highest BCUT2D eigenvalue weighted by Crippen LogP contribution is 2.25. The Labute approximate surface area is 186 Å². The van der Waals surface area contributed by atoms with Crippen LogP contribution in [0.5, 0.6) is 11.5 Å². The van der Waals surface area contributed by atoms with Crippen molar-refractivity contribution in [2.24, 2.45) is 0 Å². The number of halogens is 1. The van der Waals surface area contributed by atoms with E-state index in [4.69, 9.17) is 21.1 Å². The van der Waals surface area contributed by atoms with Crippen LogP contribution in [0.2, 0.25) is 5.02 Å². The molecule has 0 aromatic heterocycles. The van der Waals surface area contributed by atoms with Crippen LogP contribution in [0.3, 0.4) is 0 Å². The van der Waals surface area contributed by atoms with Gasteiger partial charge in [-0.15, -0.1) is 0 Å². The lowest BCUT2D eigenvalue weighted by atomic mass is 10.2. The minimum atomic E-state index is -3.81. The molecule has 3 aromatic rings. The highest BCUT2D eigenvalue weighted by Gasteiger charge is 2.16. The molecule has 0 fully saturated rings. The summed E-state index contributed by atoms with van der Waals surface area (Å²) in [5.41, 5.74) is 1.98. The first-order valence-corrected chi connectivity index (χ1v) is 11.0. The molecule has 3 aromatic carbocycles. The van der Waals surface area contributed by atoms with Crippen molar-refractivity contribution in [2.75, 3.05) is 24.3 Å². The third-order valence-corrected chi connectivity index (χ3v) is 6.26. The van der Waals surface area contributed by atoms with E-state index < -0.39 is 10.0 Å². The van der Waals surface area contributed by atoms with Crippen molar-refractivity contribution < 1.29 is 22.7 Å². The molecule has 0 spiro atoms. The van der Waals surface area contributed by atoms with Crippen LogP contribution in [0.4, 0.5) is 11.4 Å². The van der Waals surface area contributed by atoms with Gasteiger partial charge in [0.2, 0.25) is 0 Å². The number of ether oxygens (including phenoxy) is 2. The van der Waals surface area contributed by atoms with E-state index in [2.05, 4.69) is 10.0 Å². The smallest absolute Gasteiger partial charge is 0.261 e. The molecule has 0 heterocycles. The molecule has 0 atom stereocenters. The molecule has 0 radical (unpaired) electrons. The number of benzene rings is 3. The molecule has 1 amide bonds. The number of hydrogen-bond donors (Lipinski definition) is 2. The normalized spacial score (nSPS) is 11.0. The second kappa shape index (κ2) is 9.28. The lowest BCUT2D eigenvalue weighted by Crippen LogP contribution is -2.14. The molecule has 9 heteroatoms. The van der Waals surface area contributed by atoms with Gasteiger partial charge in [-0.2, -0.15) is 0 Å². The first-order valence-electron chi connectivity index (χ1n) is 9.15. The van der Waals surface area contributed by atoms with Crippen molar-refractivity contribution in [3.63, 3.8) is 0 Å². The fourth-order valence-electron chi connectivity index (χ4n) is 2.73. The van der Waals surface area contributed by atoms with E-state index in [9.17, 15) is 13.2 Å². The monoisotopic (exact) mass is 460 g/mol. The van der Waals surface area contributed by atoms with Gasteiger partial charge in [-0.3, -0.25) is 9.52 Å². The number of carbonyl (C=O) groups excluding carboxylic acids is 1. The Kier molecular flexibility index (Phi) is 6.72. The van der Waals surface area contributed by atoms with E-state index in [1.807, 2.05) is 6.92 Å². The van der Waals surface area contributed by atoms with Gasteiger partial charge in [0.05, 0.1) is 24.8 Å². The maximum Gasteiger partial charge on any atom is 0.261 e. The molecular formula is C22H21ClN2O5S. The zero-order valence-electron chi connectivity index (χ0n) is 17.1. The molecule has 0 saturated heterocycles. The van der Waals surface area contributed by atoms with Gasteiger partial charge < -0.3 is 14.8 Å². The largest absolute Gasteiger partial charge is 0.497 e. The number of rotatable bonds is 7. The fourth-order valence-corrected chi connectivity index (χ4v) is 3.96. The lowest BCUT2D eigenvalue weighted by Gasteiger charge is -2.11. The van der Waals surface area contributed by atoms with Crippen molar-refractivity contribution >= 4 is 38.9 Å². The van der Waals surface area contributed by atoms with Crippen molar-refractivity contribution in [3.8, 4) is 11.5 Å². The zero-order valence-corrected chi connectivity index (χ0v) is 18.7. The summed E-state index contributed by atoms with van der Waals surface area (Å²) in [6.45, 7) is 1.83. The van der Waals surface area contributed by atoms with Crippen LogP contribution in [0.1, 0.15) is 15.9 Å². The number of hydrogen-bond acceptors (Lipinski definition) is 5. The second-order valence-corrected chi connectivity index (χ2v) is 8.74. The summed E-state index contributed by atoms with van der Waals surface area (Å²) >= 11 is 6.06. The molecule has 0 aliphatic carbocycles. The number of methoxy groups -OCH3 is 2. The molecule has 0 unspecified atom stereocenters. The number of carbonyl (C=O) groups is 1. The fraction of sp³-hybridized carbons (Fsp3) is 0.136. The zero-order chi connectivity index (χ0) is 22.6. The third kappa shape index (κ3) is 5.48. The summed E-state index contributed by atoms with van der Waals surface area (Å²) in [4.78, 5) is 12.6. The number of aryl methyl sites for hydroxylation is 1. The summed E-state index contributed by atoms with van der Waals surface area (Å²) in [7, 11) is -0.824. The van der Waals surface area contributed by atoms with E-state index in [1.165, 1.54) is 38.5 Å². The molecule has 0 aliphatic rings. The summed E-state index contributed by atoms with van der Waals surface area (Å²) in [5.74, 6) is 0.571. The average Bonchev–Trinajstić information content (AvgIpc) is 2.76. The first-order chi connectivity index (χ1) is 14.7. The van der Waals surface area contributed by atoms with E-state index in [0.717, 1.165) is 5.56 Å². The van der Waals surface area contributed by atoms with Crippen LogP contribution >= 0.6 is 11.6 Å². The summed E-state index contributed by atoms with van der Waals surface area (Å²) in [5, 5.41) is 3.19. The summed E-state index contributed by atoms with van der Waals surface area (Å²) < 4.78 is 38.1. The van der Waals surface area contributed by atoms with Crippen LogP contribution in [-0.4, -0.2) is 28.5 Å². The Balaban J connectivity index is 1.75. The molecule has 7 nitrogen and oxygen atoms in total. The van der Waals surface area contributed by atoms with Crippen molar-refractivity contribution in [1.82, 2.24) is 0 Å². The van der Waals surface area contributed by atoms with Gasteiger partial charge in [0.15, 0.2) is 0 Å². The summed E-state index contributed by atoms with van der Waals surface area (Å²) in [6.07, 6.45) is 0. The number of anilines is 2. The predicted octanol–water partition coefficient (Wildman–Crippen LogP) is 4.72. The Morgan fingerprint density at radius 2 is 1.45 bits per heavy atom. The number of nitrogens with one attached hydrogen (secondary N) is 2.